The molecule has 0 radical (unpaired) electrons. The van der Waals surface area contributed by atoms with Crippen LogP contribution in [0.25, 0.3) is 0 Å². The molecule has 0 unspecified atom stereocenters. The molecule has 3 N–H and O–H groups in total. The zero-order valence-corrected chi connectivity index (χ0v) is 12.3. The first-order valence-electron chi connectivity index (χ1n) is 6.62. The van der Waals surface area contributed by atoms with Crippen LogP contribution in [0.5, 0.6) is 17.2 Å². The van der Waals surface area contributed by atoms with E-state index in [-0.39, 0.29) is 17.9 Å². The van der Waals surface area contributed by atoms with Gasteiger partial charge >= 0.3 is 5.97 Å². The van der Waals surface area contributed by atoms with Gasteiger partial charge in [0.25, 0.3) is 5.91 Å². The molecule has 1 amide bonds. The molecule has 120 valence electrons. The van der Waals surface area contributed by atoms with E-state index in [9.17, 15) is 14.7 Å². The van der Waals surface area contributed by atoms with Crippen molar-refractivity contribution < 1.29 is 29.3 Å². The van der Waals surface area contributed by atoms with Crippen molar-refractivity contribution in [3.63, 3.8) is 0 Å². The van der Waals surface area contributed by atoms with E-state index in [2.05, 4.69) is 5.32 Å². The van der Waals surface area contributed by atoms with Crippen molar-refractivity contribution >= 4 is 17.6 Å². The largest absolute Gasteiger partial charge is 0.507 e. The predicted octanol–water partition coefficient (Wildman–Crippen LogP) is 2.12. The van der Waals surface area contributed by atoms with Gasteiger partial charge in [-0.25, -0.2) is 4.79 Å². The number of methoxy groups -OCH3 is 1. The van der Waals surface area contributed by atoms with E-state index in [1.54, 1.807) is 31.4 Å². The molecule has 7 nitrogen and oxygen atoms in total. The second kappa shape index (κ2) is 7.17. The fourth-order valence-corrected chi connectivity index (χ4v) is 1.81. The van der Waals surface area contributed by atoms with Gasteiger partial charge in [-0.1, -0.05) is 0 Å². The number of carboxylic acids is 1. The number of aromatic hydroxyl groups is 1. The first kappa shape index (κ1) is 16.2. The summed E-state index contributed by atoms with van der Waals surface area (Å²) in [4.78, 5) is 22.6. The van der Waals surface area contributed by atoms with Gasteiger partial charge < -0.3 is 25.0 Å². The zero-order valence-electron chi connectivity index (χ0n) is 12.3. The number of ether oxygens (including phenoxy) is 2. The third kappa shape index (κ3) is 4.37. The van der Waals surface area contributed by atoms with Crippen LogP contribution >= 0.6 is 0 Å². The molecule has 7 heteroatoms. The highest BCUT2D eigenvalue weighted by molar-refractivity contribution is 5.95. The Kier molecular flexibility index (Phi) is 5.03. The van der Waals surface area contributed by atoms with Crippen LogP contribution in [0.2, 0.25) is 0 Å². The minimum absolute atomic E-state index is 0.228. The third-order valence-corrected chi connectivity index (χ3v) is 2.94. The first-order valence-corrected chi connectivity index (χ1v) is 6.62. The first-order chi connectivity index (χ1) is 11.0. The number of benzene rings is 2. The van der Waals surface area contributed by atoms with Crippen molar-refractivity contribution in [3.05, 3.63) is 48.0 Å². The maximum Gasteiger partial charge on any atom is 0.339 e. The Morgan fingerprint density at radius 2 is 1.74 bits per heavy atom. The third-order valence-electron chi connectivity index (χ3n) is 2.94. The molecule has 0 aliphatic carbocycles. The number of hydrogen-bond donors (Lipinski definition) is 3. The smallest absolute Gasteiger partial charge is 0.339 e. The summed E-state index contributed by atoms with van der Waals surface area (Å²) in [6.45, 7) is -0.228. The Labute approximate surface area is 132 Å². The number of carbonyl (C=O) groups is 2. The number of anilines is 1. The summed E-state index contributed by atoms with van der Waals surface area (Å²) in [6.07, 6.45) is 0. The average molecular weight is 317 g/mol. The molecule has 0 aromatic heterocycles. The van der Waals surface area contributed by atoms with Crippen molar-refractivity contribution in [1.29, 1.82) is 0 Å². The van der Waals surface area contributed by atoms with Gasteiger partial charge in [0.05, 0.1) is 7.11 Å². The Balaban J connectivity index is 1.91. The molecular weight excluding hydrogens is 302 g/mol. The second-order valence-electron chi connectivity index (χ2n) is 4.55. The fraction of sp³-hybridized carbons (Fsp3) is 0.125. The summed E-state index contributed by atoms with van der Waals surface area (Å²) < 4.78 is 10.3. The Hall–Kier alpha value is -3.22. The lowest BCUT2D eigenvalue weighted by Gasteiger charge is -2.09. The van der Waals surface area contributed by atoms with Gasteiger partial charge in [-0.15, -0.1) is 0 Å². The SMILES string of the molecule is COc1ccc(OCC(=O)Nc2ccc(C(=O)O)c(O)c2)cc1. The van der Waals surface area contributed by atoms with Crippen LogP contribution in [0.4, 0.5) is 5.69 Å². The van der Waals surface area contributed by atoms with Gasteiger partial charge in [-0.2, -0.15) is 0 Å². The van der Waals surface area contributed by atoms with E-state index >= 15 is 0 Å². The normalized spacial score (nSPS) is 9.96. The van der Waals surface area contributed by atoms with Crippen molar-refractivity contribution in [1.82, 2.24) is 0 Å². The van der Waals surface area contributed by atoms with E-state index in [1.807, 2.05) is 0 Å². The van der Waals surface area contributed by atoms with E-state index in [0.717, 1.165) is 6.07 Å². The molecule has 0 saturated heterocycles. The van der Waals surface area contributed by atoms with Gasteiger partial charge in [0, 0.05) is 11.8 Å². The summed E-state index contributed by atoms with van der Waals surface area (Å²) in [5, 5.41) is 20.9. The van der Waals surface area contributed by atoms with Gasteiger partial charge in [0.1, 0.15) is 22.8 Å². The highest BCUT2D eigenvalue weighted by Gasteiger charge is 2.11. The number of nitrogens with one attached hydrogen (secondary N) is 1. The second-order valence-corrected chi connectivity index (χ2v) is 4.55. The van der Waals surface area contributed by atoms with Crippen LogP contribution in [0, 0.1) is 0 Å². The van der Waals surface area contributed by atoms with E-state index < -0.39 is 17.6 Å². The van der Waals surface area contributed by atoms with Crippen molar-refractivity contribution in [3.8, 4) is 17.2 Å². The van der Waals surface area contributed by atoms with Crippen LogP contribution in [0.1, 0.15) is 10.4 Å². The van der Waals surface area contributed by atoms with Gasteiger partial charge in [-0.3, -0.25) is 4.79 Å². The standard InChI is InChI=1S/C16H15NO6/c1-22-11-3-5-12(6-4-11)23-9-15(19)17-10-2-7-13(16(20)21)14(18)8-10/h2-8,18H,9H2,1H3,(H,17,19)(H,20,21). The lowest BCUT2D eigenvalue weighted by Crippen LogP contribution is -2.20. The highest BCUT2D eigenvalue weighted by atomic mass is 16.5. The van der Waals surface area contributed by atoms with Crippen LogP contribution in [-0.4, -0.2) is 35.8 Å². The van der Waals surface area contributed by atoms with Crippen LogP contribution in [0.3, 0.4) is 0 Å². The lowest BCUT2D eigenvalue weighted by molar-refractivity contribution is -0.118. The molecule has 0 spiro atoms. The molecule has 0 heterocycles. The predicted molar refractivity (Wildman–Crippen MR) is 82.2 cm³/mol. The van der Waals surface area contributed by atoms with Gasteiger partial charge in [0.15, 0.2) is 6.61 Å². The molecular formula is C16H15NO6. The number of phenols is 1. The van der Waals surface area contributed by atoms with E-state index in [1.165, 1.54) is 12.1 Å². The Morgan fingerprint density at radius 1 is 1.09 bits per heavy atom. The lowest BCUT2D eigenvalue weighted by atomic mass is 10.2. The molecule has 2 rings (SSSR count). The summed E-state index contributed by atoms with van der Waals surface area (Å²) in [7, 11) is 1.55. The van der Waals surface area contributed by atoms with Crippen LogP contribution in [0.15, 0.2) is 42.5 Å². The molecule has 0 atom stereocenters. The number of carboxylic acid groups (broad SMARTS) is 1. The molecule has 2 aromatic carbocycles. The number of aromatic carboxylic acids is 1. The summed E-state index contributed by atoms with van der Waals surface area (Å²) in [5.74, 6) is -0.932. The molecule has 0 aliphatic rings. The summed E-state index contributed by atoms with van der Waals surface area (Å²) in [5.41, 5.74) is 0.0355. The molecule has 23 heavy (non-hydrogen) atoms. The minimum atomic E-state index is -1.25. The molecule has 2 aromatic rings. The van der Waals surface area contributed by atoms with Crippen molar-refractivity contribution in [2.45, 2.75) is 0 Å². The fourth-order valence-electron chi connectivity index (χ4n) is 1.81. The quantitative estimate of drug-likeness (QED) is 0.753. The van der Waals surface area contributed by atoms with E-state index in [0.29, 0.717) is 11.5 Å². The number of hydrogen-bond acceptors (Lipinski definition) is 5. The maximum absolute atomic E-state index is 11.8. The van der Waals surface area contributed by atoms with Crippen LogP contribution < -0.4 is 14.8 Å². The number of carbonyl (C=O) groups excluding carboxylic acids is 1. The van der Waals surface area contributed by atoms with Gasteiger partial charge in [-0.05, 0) is 36.4 Å². The van der Waals surface area contributed by atoms with Crippen molar-refractivity contribution in [2.75, 3.05) is 19.0 Å². The van der Waals surface area contributed by atoms with Crippen LogP contribution in [-0.2, 0) is 4.79 Å². The van der Waals surface area contributed by atoms with Crippen molar-refractivity contribution in [2.24, 2.45) is 0 Å². The average Bonchev–Trinajstić information content (AvgIpc) is 2.53. The number of amides is 1. The summed E-state index contributed by atoms with van der Waals surface area (Å²) in [6, 6.07) is 10.5. The maximum atomic E-state index is 11.8. The Morgan fingerprint density at radius 3 is 2.30 bits per heavy atom. The highest BCUT2D eigenvalue weighted by Crippen LogP contribution is 2.22. The van der Waals surface area contributed by atoms with Gasteiger partial charge in [0.2, 0.25) is 0 Å². The molecule has 0 fully saturated rings. The Bertz CT molecular complexity index is 711. The summed E-state index contributed by atoms with van der Waals surface area (Å²) >= 11 is 0. The molecule has 0 saturated carbocycles. The molecule has 0 bridgehead atoms. The monoisotopic (exact) mass is 317 g/mol. The number of rotatable bonds is 6. The minimum Gasteiger partial charge on any atom is -0.507 e. The zero-order chi connectivity index (χ0) is 16.8. The molecule has 0 aliphatic heterocycles. The topological polar surface area (TPSA) is 105 Å². The van der Waals surface area contributed by atoms with E-state index in [4.69, 9.17) is 14.6 Å².